The number of anilines is 5. The van der Waals surface area contributed by atoms with Crippen molar-refractivity contribution < 1.29 is 9.53 Å². The zero-order chi connectivity index (χ0) is 22.7. The van der Waals surface area contributed by atoms with Crippen molar-refractivity contribution in [3.05, 3.63) is 65.8 Å². The third-order valence-corrected chi connectivity index (χ3v) is 4.62. The summed E-state index contributed by atoms with van der Waals surface area (Å²) in [6.07, 6.45) is 3.07. The maximum absolute atomic E-state index is 11.5. The molecule has 0 saturated carbocycles. The van der Waals surface area contributed by atoms with Crippen LogP contribution >= 0.6 is 0 Å². The lowest BCUT2D eigenvalue weighted by atomic mass is 10.1. The molecule has 3 N–H and O–H groups in total. The van der Waals surface area contributed by atoms with Crippen molar-refractivity contribution in [2.75, 3.05) is 23.1 Å². The number of hydrogen-bond donors (Lipinski definition) is 3. The molecule has 0 unspecified atom stereocenters. The number of pyridine rings is 1. The Morgan fingerprint density at radius 1 is 1.06 bits per heavy atom. The van der Waals surface area contributed by atoms with Crippen LogP contribution in [0, 0.1) is 13.5 Å². The number of ether oxygens (including phenoxy) is 1. The molecule has 0 aliphatic heterocycles. The maximum atomic E-state index is 11.5. The summed E-state index contributed by atoms with van der Waals surface area (Å²) in [6.45, 7) is 10.8. The van der Waals surface area contributed by atoms with Crippen LogP contribution in [0.1, 0.15) is 12.5 Å². The molecule has 0 aliphatic rings. The number of carbonyl (C=O) groups excluding carboxylic acids is 1. The van der Waals surface area contributed by atoms with E-state index in [4.69, 9.17) is 11.3 Å². The molecule has 4 aromatic rings. The van der Waals surface area contributed by atoms with Gasteiger partial charge in [-0.25, -0.2) is 9.97 Å². The number of nitrogens with zero attached hydrogens (tertiary/aromatic N) is 5. The van der Waals surface area contributed by atoms with Crippen LogP contribution in [0.15, 0.2) is 48.8 Å². The van der Waals surface area contributed by atoms with Crippen LogP contribution in [-0.4, -0.2) is 32.6 Å². The summed E-state index contributed by atoms with van der Waals surface area (Å²) in [5.74, 6) is 1.83. The lowest BCUT2D eigenvalue weighted by Gasteiger charge is -2.12. The average molecular weight is 428 g/mol. The van der Waals surface area contributed by atoms with E-state index in [1.165, 1.54) is 17.6 Å². The molecule has 10 nitrogen and oxygen atoms in total. The van der Waals surface area contributed by atoms with E-state index >= 15 is 0 Å². The summed E-state index contributed by atoms with van der Waals surface area (Å²) in [5.41, 5.74) is 3.47. The van der Waals surface area contributed by atoms with Crippen LogP contribution in [0.25, 0.3) is 10.5 Å². The quantitative estimate of drug-likeness (QED) is 0.390. The van der Waals surface area contributed by atoms with Gasteiger partial charge in [0, 0.05) is 24.4 Å². The predicted molar refractivity (Wildman–Crippen MR) is 122 cm³/mol. The molecular formula is C22H20N8O2. The van der Waals surface area contributed by atoms with Gasteiger partial charge in [0.1, 0.15) is 17.3 Å². The predicted octanol–water partition coefficient (Wildman–Crippen LogP) is 4.44. The van der Waals surface area contributed by atoms with Crippen LogP contribution in [0.2, 0.25) is 0 Å². The molecule has 0 fully saturated rings. The minimum absolute atomic E-state index is 0.150. The van der Waals surface area contributed by atoms with E-state index in [9.17, 15) is 4.79 Å². The van der Waals surface area contributed by atoms with Crippen molar-refractivity contribution in [3.8, 4) is 5.75 Å². The Morgan fingerprint density at radius 3 is 2.59 bits per heavy atom. The summed E-state index contributed by atoms with van der Waals surface area (Å²) in [5, 5.41) is 13.8. The molecule has 3 heterocycles. The molecular weight excluding hydrogens is 408 g/mol. The van der Waals surface area contributed by atoms with Crippen LogP contribution in [0.4, 0.5) is 34.5 Å². The highest BCUT2D eigenvalue weighted by molar-refractivity contribution is 5.90. The second kappa shape index (κ2) is 8.61. The molecule has 4 rings (SSSR count). The van der Waals surface area contributed by atoms with E-state index in [-0.39, 0.29) is 11.7 Å². The molecule has 0 aliphatic carbocycles. The molecule has 0 atom stereocenters. The van der Waals surface area contributed by atoms with Gasteiger partial charge < -0.3 is 25.5 Å². The van der Waals surface area contributed by atoms with Crippen LogP contribution < -0.4 is 20.7 Å². The van der Waals surface area contributed by atoms with Crippen molar-refractivity contribution in [1.82, 2.24) is 19.6 Å². The second-order valence-corrected chi connectivity index (χ2v) is 6.95. The molecule has 160 valence electrons. The highest BCUT2D eigenvalue weighted by Gasteiger charge is 2.15. The standard InChI is InChI=1S/C22H20N8O2/c1-13-5-6-15(9-17(13)26-14(2)31)27-20-10-18(22-25-12-21(23-3)30(22)29-20)28-19-8-7-16(32-4)11-24-19/h5-12H,1-2,4H3,(H,24,28)(H,26,31)(H,27,29). The Morgan fingerprint density at radius 2 is 1.91 bits per heavy atom. The molecule has 0 bridgehead atoms. The molecule has 1 aromatic carbocycles. The van der Waals surface area contributed by atoms with Crippen molar-refractivity contribution in [3.63, 3.8) is 0 Å². The first-order chi connectivity index (χ1) is 15.5. The molecule has 10 heteroatoms. The monoisotopic (exact) mass is 428 g/mol. The van der Waals surface area contributed by atoms with Crippen molar-refractivity contribution in [1.29, 1.82) is 0 Å². The van der Waals surface area contributed by atoms with Gasteiger partial charge in [0.25, 0.3) is 11.5 Å². The van der Waals surface area contributed by atoms with Gasteiger partial charge in [-0.3, -0.25) is 4.79 Å². The average Bonchev–Trinajstić information content (AvgIpc) is 3.19. The van der Waals surface area contributed by atoms with Gasteiger partial charge in [-0.1, -0.05) is 17.7 Å². The van der Waals surface area contributed by atoms with Gasteiger partial charge in [-0.15, -0.1) is 4.52 Å². The highest BCUT2D eigenvalue weighted by atomic mass is 16.5. The van der Waals surface area contributed by atoms with E-state index in [1.807, 2.05) is 25.1 Å². The molecule has 0 radical (unpaired) electrons. The highest BCUT2D eigenvalue weighted by Crippen LogP contribution is 2.29. The first-order valence-corrected chi connectivity index (χ1v) is 9.65. The lowest BCUT2D eigenvalue weighted by molar-refractivity contribution is -0.114. The van der Waals surface area contributed by atoms with Gasteiger partial charge >= 0.3 is 0 Å². The lowest BCUT2D eigenvalue weighted by Crippen LogP contribution is -2.08. The van der Waals surface area contributed by atoms with Gasteiger partial charge in [-0.05, 0) is 36.8 Å². The molecule has 3 aromatic heterocycles. The number of hydrogen-bond acceptors (Lipinski definition) is 7. The first-order valence-electron chi connectivity index (χ1n) is 9.65. The van der Waals surface area contributed by atoms with Gasteiger partial charge in [-0.2, -0.15) is 0 Å². The van der Waals surface area contributed by atoms with Crippen LogP contribution in [0.5, 0.6) is 5.75 Å². The summed E-state index contributed by atoms with van der Waals surface area (Å²) in [4.78, 5) is 23.6. The molecule has 0 saturated heterocycles. The third-order valence-electron chi connectivity index (χ3n) is 4.62. The smallest absolute Gasteiger partial charge is 0.275 e. The first kappa shape index (κ1) is 20.6. The van der Waals surface area contributed by atoms with Gasteiger partial charge in [0.05, 0.1) is 19.5 Å². The minimum atomic E-state index is -0.150. The normalized spacial score (nSPS) is 10.4. The molecule has 0 spiro atoms. The number of imidazole rings is 1. The van der Waals surface area contributed by atoms with E-state index in [2.05, 4.69) is 35.9 Å². The number of amides is 1. The number of fused-ring (bicyclic) bond motifs is 1. The Labute approximate surface area is 184 Å². The largest absolute Gasteiger partial charge is 0.495 e. The number of aromatic nitrogens is 4. The number of nitrogens with one attached hydrogen (secondary N) is 3. The van der Waals surface area contributed by atoms with Crippen molar-refractivity contribution >= 4 is 46.1 Å². The Bertz CT molecular complexity index is 1340. The summed E-state index contributed by atoms with van der Waals surface area (Å²) in [7, 11) is 1.58. The summed E-state index contributed by atoms with van der Waals surface area (Å²) < 4.78 is 6.61. The number of rotatable bonds is 6. The zero-order valence-electron chi connectivity index (χ0n) is 17.7. The molecule has 32 heavy (non-hydrogen) atoms. The summed E-state index contributed by atoms with van der Waals surface area (Å²) in [6, 6.07) is 11.0. The fourth-order valence-electron chi connectivity index (χ4n) is 3.07. The SMILES string of the molecule is [C-]#[N+]c1cnc2c(Nc3ccc(OC)cn3)cc(Nc3ccc(C)c(NC(C)=O)c3)nn12. The van der Waals surface area contributed by atoms with Gasteiger partial charge in [0.2, 0.25) is 5.91 Å². The Balaban J connectivity index is 1.72. The van der Waals surface area contributed by atoms with E-state index in [0.29, 0.717) is 34.4 Å². The number of benzene rings is 1. The topological polar surface area (TPSA) is 110 Å². The fourth-order valence-corrected chi connectivity index (χ4v) is 3.07. The van der Waals surface area contributed by atoms with E-state index < -0.39 is 0 Å². The van der Waals surface area contributed by atoms with Crippen molar-refractivity contribution in [2.45, 2.75) is 13.8 Å². The second-order valence-electron chi connectivity index (χ2n) is 6.95. The van der Waals surface area contributed by atoms with E-state index in [0.717, 1.165) is 11.3 Å². The van der Waals surface area contributed by atoms with Crippen molar-refractivity contribution in [2.24, 2.45) is 0 Å². The maximum Gasteiger partial charge on any atom is 0.275 e. The number of aryl methyl sites for hydroxylation is 1. The summed E-state index contributed by atoms with van der Waals surface area (Å²) >= 11 is 0. The fraction of sp³-hybridized carbons (Fsp3) is 0.136. The minimum Gasteiger partial charge on any atom is -0.495 e. The zero-order valence-corrected chi connectivity index (χ0v) is 17.7. The van der Waals surface area contributed by atoms with E-state index in [1.54, 1.807) is 31.5 Å². The number of carbonyl (C=O) groups is 1. The van der Waals surface area contributed by atoms with Crippen LogP contribution in [0.3, 0.4) is 0 Å². The number of methoxy groups -OCH3 is 1. The molecule has 1 amide bonds. The Hall–Kier alpha value is -4.65. The Kier molecular flexibility index (Phi) is 5.55. The van der Waals surface area contributed by atoms with Gasteiger partial charge in [0.15, 0.2) is 5.82 Å². The third kappa shape index (κ3) is 4.27. The van der Waals surface area contributed by atoms with Crippen LogP contribution in [-0.2, 0) is 4.79 Å².